The minimum Gasteiger partial charge on any atom is -0.507 e. The first-order chi connectivity index (χ1) is 15.7. The number of ketones is 1. The van der Waals surface area contributed by atoms with Gasteiger partial charge in [-0.15, -0.1) is 0 Å². The third kappa shape index (κ3) is 4.66. The van der Waals surface area contributed by atoms with Gasteiger partial charge in [-0.3, -0.25) is 14.4 Å². The van der Waals surface area contributed by atoms with Crippen molar-refractivity contribution in [2.75, 3.05) is 20.8 Å². The van der Waals surface area contributed by atoms with Crippen molar-refractivity contribution >= 4 is 35.0 Å². The molecule has 1 aliphatic heterocycles. The lowest BCUT2D eigenvalue weighted by Crippen LogP contribution is -2.30. The van der Waals surface area contributed by atoms with E-state index in [2.05, 4.69) is 0 Å². The first-order valence-corrected chi connectivity index (χ1v) is 10.6. The van der Waals surface area contributed by atoms with Gasteiger partial charge in [-0.05, 0) is 30.2 Å². The first kappa shape index (κ1) is 24.1. The van der Waals surface area contributed by atoms with Crippen molar-refractivity contribution in [2.45, 2.75) is 26.3 Å². The van der Waals surface area contributed by atoms with Crippen LogP contribution in [0.3, 0.4) is 0 Å². The molecule has 1 amide bonds. The smallest absolute Gasteiger partial charge is 0.308 e. The van der Waals surface area contributed by atoms with E-state index in [9.17, 15) is 19.5 Å². The van der Waals surface area contributed by atoms with Gasteiger partial charge in [0.1, 0.15) is 23.0 Å². The summed E-state index contributed by atoms with van der Waals surface area (Å²) in [5, 5.41) is 11.4. The minimum absolute atomic E-state index is 0.0896. The van der Waals surface area contributed by atoms with Crippen LogP contribution in [0.2, 0.25) is 5.02 Å². The number of amides is 1. The molecule has 3 rings (SSSR count). The number of benzene rings is 2. The third-order valence-electron chi connectivity index (χ3n) is 5.19. The highest BCUT2D eigenvalue weighted by Crippen LogP contribution is 2.43. The Bertz CT molecular complexity index is 1120. The van der Waals surface area contributed by atoms with Gasteiger partial charge in [0.25, 0.3) is 11.7 Å². The van der Waals surface area contributed by atoms with Crippen molar-refractivity contribution in [2.24, 2.45) is 0 Å². The van der Waals surface area contributed by atoms with Gasteiger partial charge < -0.3 is 24.2 Å². The lowest BCUT2D eigenvalue weighted by atomic mass is 9.94. The Labute approximate surface area is 196 Å². The van der Waals surface area contributed by atoms with Gasteiger partial charge >= 0.3 is 5.97 Å². The van der Waals surface area contributed by atoms with Crippen molar-refractivity contribution in [3.63, 3.8) is 0 Å². The lowest BCUT2D eigenvalue weighted by molar-refractivity contribution is -0.139. The molecular formula is C24H24ClNO7. The Morgan fingerprint density at radius 2 is 1.73 bits per heavy atom. The maximum absolute atomic E-state index is 13.0. The van der Waals surface area contributed by atoms with Crippen LogP contribution in [0.25, 0.3) is 5.76 Å². The Morgan fingerprint density at radius 1 is 1.09 bits per heavy atom. The molecule has 1 aliphatic rings. The summed E-state index contributed by atoms with van der Waals surface area (Å²) in [5.74, 6) is -1.54. The molecule has 8 nitrogen and oxygen atoms in total. The summed E-state index contributed by atoms with van der Waals surface area (Å²) >= 11 is 6.25. The zero-order valence-electron chi connectivity index (χ0n) is 18.7. The van der Waals surface area contributed by atoms with Gasteiger partial charge in [0, 0.05) is 19.5 Å². The molecule has 1 unspecified atom stereocenters. The summed E-state index contributed by atoms with van der Waals surface area (Å²) in [6.07, 6.45) is 0.604. The van der Waals surface area contributed by atoms with Crippen LogP contribution in [0.1, 0.15) is 37.4 Å². The second-order valence-corrected chi connectivity index (χ2v) is 7.75. The second-order valence-electron chi connectivity index (χ2n) is 7.34. The standard InChI is InChI=1S/C24H24ClNO7/c1-5-10-26-21(14-6-8-15(9-7-14)33-13(2)27)20(23(29)24(26)30)22(28)16-11-17(25)19(32-4)12-18(16)31-3/h6-9,11-12,21,28H,5,10H2,1-4H3/b22-20+. The summed E-state index contributed by atoms with van der Waals surface area (Å²) in [6.45, 7) is 3.47. The molecule has 1 heterocycles. The summed E-state index contributed by atoms with van der Waals surface area (Å²) in [5.41, 5.74) is 0.631. The fourth-order valence-corrected chi connectivity index (χ4v) is 4.01. The molecule has 1 fully saturated rings. The summed E-state index contributed by atoms with van der Waals surface area (Å²) < 4.78 is 15.6. The number of ether oxygens (including phenoxy) is 3. The average molecular weight is 474 g/mol. The average Bonchev–Trinajstić information content (AvgIpc) is 3.04. The molecule has 2 aromatic carbocycles. The molecule has 1 atom stereocenters. The van der Waals surface area contributed by atoms with Gasteiger partial charge in [0.2, 0.25) is 0 Å². The number of nitrogens with zero attached hydrogens (tertiary/aromatic N) is 1. The van der Waals surface area contributed by atoms with Crippen LogP contribution in [0.15, 0.2) is 42.0 Å². The van der Waals surface area contributed by atoms with E-state index in [4.69, 9.17) is 25.8 Å². The molecule has 1 N–H and O–H groups in total. The number of Topliss-reactive ketones (excluding diaryl/α,β-unsaturated/α-hetero) is 1. The summed E-state index contributed by atoms with van der Waals surface area (Å²) in [6, 6.07) is 8.47. The topological polar surface area (TPSA) is 102 Å². The van der Waals surface area contributed by atoms with Crippen LogP contribution < -0.4 is 14.2 Å². The second kappa shape index (κ2) is 9.95. The van der Waals surface area contributed by atoms with Crippen molar-refractivity contribution < 1.29 is 33.7 Å². The Morgan fingerprint density at radius 3 is 2.27 bits per heavy atom. The number of aliphatic hydroxyl groups excluding tert-OH is 1. The van der Waals surface area contributed by atoms with Crippen LogP contribution >= 0.6 is 11.6 Å². The van der Waals surface area contributed by atoms with Gasteiger partial charge in [-0.25, -0.2) is 0 Å². The van der Waals surface area contributed by atoms with Gasteiger partial charge in [0.05, 0.1) is 36.4 Å². The molecule has 0 radical (unpaired) electrons. The maximum Gasteiger partial charge on any atom is 0.308 e. The number of methoxy groups -OCH3 is 2. The number of esters is 1. The van der Waals surface area contributed by atoms with E-state index in [1.165, 1.54) is 38.2 Å². The molecule has 0 bridgehead atoms. The highest BCUT2D eigenvalue weighted by molar-refractivity contribution is 6.46. The number of hydrogen-bond donors (Lipinski definition) is 1. The lowest BCUT2D eigenvalue weighted by Gasteiger charge is -2.25. The van der Waals surface area contributed by atoms with E-state index in [-0.39, 0.29) is 21.9 Å². The fourth-order valence-electron chi connectivity index (χ4n) is 3.77. The molecule has 0 aliphatic carbocycles. The zero-order valence-corrected chi connectivity index (χ0v) is 19.4. The number of aliphatic hydroxyl groups is 1. The third-order valence-corrected chi connectivity index (χ3v) is 5.49. The van der Waals surface area contributed by atoms with Gasteiger partial charge in [-0.2, -0.15) is 0 Å². The monoisotopic (exact) mass is 473 g/mol. The number of carbonyl (C=O) groups is 3. The molecular weight excluding hydrogens is 450 g/mol. The Hall–Kier alpha value is -3.52. The number of carbonyl (C=O) groups excluding carboxylic acids is 3. The minimum atomic E-state index is -0.845. The van der Waals surface area contributed by atoms with Crippen LogP contribution in [-0.4, -0.2) is 48.4 Å². The van der Waals surface area contributed by atoms with Crippen molar-refractivity contribution in [1.29, 1.82) is 0 Å². The van der Waals surface area contributed by atoms with E-state index in [0.29, 0.717) is 30.0 Å². The predicted molar refractivity (Wildman–Crippen MR) is 122 cm³/mol. The molecule has 1 saturated heterocycles. The highest BCUT2D eigenvalue weighted by atomic mass is 35.5. The normalized spacial score (nSPS) is 17.2. The molecule has 2 aromatic rings. The first-order valence-electron chi connectivity index (χ1n) is 10.2. The number of halogens is 1. The van der Waals surface area contributed by atoms with Crippen LogP contribution in [0.5, 0.6) is 17.2 Å². The number of rotatable bonds is 7. The molecule has 0 spiro atoms. The maximum atomic E-state index is 13.0. The summed E-state index contributed by atoms with van der Waals surface area (Å²) in [4.78, 5) is 38.5. The molecule has 33 heavy (non-hydrogen) atoms. The van der Waals surface area contributed by atoms with Crippen molar-refractivity contribution in [3.8, 4) is 17.2 Å². The Kier molecular flexibility index (Phi) is 7.28. The molecule has 174 valence electrons. The van der Waals surface area contributed by atoms with Crippen LogP contribution in [0.4, 0.5) is 0 Å². The van der Waals surface area contributed by atoms with Crippen LogP contribution in [0, 0.1) is 0 Å². The molecule has 9 heteroatoms. The highest BCUT2D eigenvalue weighted by Gasteiger charge is 2.46. The number of hydrogen-bond acceptors (Lipinski definition) is 7. The van der Waals surface area contributed by atoms with Crippen molar-refractivity contribution in [3.05, 3.63) is 58.1 Å². The van der Waals surface area contributed by atoms with Gasteiger partial charge in [-0.1, -0.05) is 30.7 Å². The molecule has 0 aromatic heterocycles. The van der Waals surface area contributed by atoms with E-state index < -0.39 is 29.5 Å². The molecule has 0 saturated carbocycles. The van der Waals surface area contributed by atoms with Crippen molar-refractivity contribution in [1.82, 2.24) is 4.90 Å². The number of likely N-dealkylation sites (tertiary alicyclic amines) is 1. The van der Waals surface area contributed by atoms with Gasteiger partial charge in [0.15, 0.2) is 0 Å². The predicted octanol–water partition coefficient (Wildman–Crippen LogP) is 4.11. The quantitative estimate of drug-likeness (QED) is 0.212. The van der Waals surface area contributed by atoms with E-state index in [0.717, 1.165) is 0 Å². The largest absolute Gasteiger partial charge is 0.507 e. The zero-order chi connectivity index (χ0) is 24.3. The van der Waals surface area contributed by atoms with Crippen LogP contribution in [-0.2, 0) is 14.4 Å². The van der Waals surface area contributed by atoms with E-state index in [1.54, 1.807) is 24.3 Å². The SMILES string of the molecule is CCCN1C(=O)C(=O)/C(=C(/O)c2cc(Cl)c(OC)cc2OC)C1c1ccc(OC(C)=O)cc1. The Balaban J connectivity index is 2.20. The fraction of sp³-hybridized carbons (Fsp3) is 0.292. The van der Waals surface area contributed by atoms with E-state index in [1.807, 2.05) is 6.92 Å². The summed E-state index contributed by atoms with van der Waals surface area (Å²) in [7, 11) is 2.84. The van der Waals surface area contributed by atoms with E-state index >= 15 is 0 Å².